The number of alkyl carbamates (subject to hydrolysis) is 1. The Kier molecular flexibility index (Phi) is 3.10. The van der Waals surface area contributed by atoms with Crippen LogP contribution in [-0.4, -0.2) is 41.3 Å². The second-order valence-electron chi connectivity index (χ2n) is 5.98. The van der Waals surface area contributed by atoms with E-state index >= 15 is 0 Å². The zero-order valence-corrected chi connectivity index (χ0v) is 12.3. The van der Waals surface area contributed by atoms with E-state index in [4.69, 9.17) is 9.72 Å². The van der Waals surface area contributed by atoms with Crippen LogP contribution >= 0.6 is 0 Å². The summed E-state index contributed by atoms with van der Waals surface area (Å²) in [7, 11) is 0. The molecule has 1 amide bonds. The Labute approximate surface area is 128 Å². The van der Waals surface area contributed by atoms with Crippen molar-refractivity contribution in [2.75, 3.05) is 24.5 Å². The van der Waals surface area contributed by atoms with Crippen LogP contribution in [0.2, 0.25) is 0 Å². The van der Waals surface area contributed by atoms with Gasteiger partial charge in [-0.1, -0.05) is 12.1 Å². The van der Waals surface area contributed by atoms with Crippen LogP contribution < -0.4 is 10.2 Å². The fourth-order valence-corrected chi connectivity index (χ4v) is 3.28. The van der Waals surface area contributed by atoms with Crippen molar-refractivity contribution >= 4 is 22.9 Å². The van der Waals surface area contributed by atoms with E-state index in [0.717, 1.165) is 49.2 Å². The molecule has 0 bridgehead atoms. The lowest BCUT2D eigenvalue weighted by Crippen LogP contribution is -2.35. The summed E-state index contributed by atoms with van der Waals surface area (Å²) in [5, 5.41) is 2.78. The Morgan fingerprint density at radius 2 is 2.05 bits per heavy atom. The van der Waals surface area contributed by atoms with Gasteiger partial charge in [0.05, 0.1) is 23.8 Å². The quantitative estimate of drug-likeness (QED) is 0.873. The molecule has 2 aromatic rings. The maximum Gasteiger partial charge on any atom is 0.407 e. The number of aromatic nitrogens is 2. The van der Waals surface area contributed by atoms with Crippen LogP contribution in [0.1, 0.15) is 19.3 Å². The predicted molar refractivity (Wildman–Crippen MR) is 82.8 cm³/mol. The number of rotatable bonds is 1. The Hall–Kier alpha value is -2.37. The van der Waals surface area contributed by atoms with Crippen molar-refractivity contribution in [2.45, 2.75) is 24.9 Å². The van der Waals surface area contributed by atoms with Crippen LogP contribution in [0.4, 0.5) is 10.6 Å². The highest BCUT2D eigenvalue weighted by Crippen LogP contribution is 2.30. The number of hydrogen-bond donors (Lipinski definition) is 1. The molecule has 6 nitrogen and oxygen atoms in total. The Bertz CT molecular complexity index is 720. The van der Waals surface area contributed by atoms with Crippen LogP contribution in [-0.2, 0) is 4.74 Å². The summed E-state index contributed by atoms with van der Waals surface area (Å²) < 4.78 is 5.51. The summed E-state index contributed by atoms with van der Waals surface area (Å²) in [4.78, 5) is 22.8. The molecule has 1 N–H and O–H groups in total. The zero-order valence-electron chi connectivity index (χ0n) is 12.3. The normalized spacial score (nSPS) is 25.1. The first-order valence-corrected chi connectivity index (χ1v) is 7.68. The number of para-hydroxylation sites is 2. The molecule has 1 unspecified atom stereocenters. The van der Waals surface area contributed by atoms with Crippen molar-refractivity contribution in [3.63, 3.8) is 0 Å². The van der Waals surface area contributed by atoms with Crippen LogP contribution in [0.3, 0.4) is 0 Å². The van der Waals surface area contributed by atoms with Gasteiger partial charge in [-0.3, -0.25) is 4.98 Å². The Balaban J connectivity index is 1.56. The average molecular weight is 298 g/mol. The number of carbonyl (C=O) groups excluding carboxylic acids is 1. The van der Waals surface area contributed by atoms with Crippen molar-refractivity contribution in [3.05, 3.63) is 30.5 Å². The number of fused-ring (bicyclic) bond motifs is 1. The first-order valence-electron chi connectivity index (χ1n) is 7.68. The minimum absolute atomic E-state index is 0.293. The standard InChI is InChI=1S/C16H18N4O2/c21-15-18-11-16(22-15)6-3-8-20(9-7-16)14-10-17-12-4-1-2-5-13(12)19-14/h1-2,4-5,10H,3,6-9,11H2,(H,18,21). The molecule has 0 saturated carbocycles. The maximum atomic E-state index is 11.4. The Morgan fingerprint density at radius 3 is 2.86 bits per heavy atom. The van der Waals surface area contributed by atoms with E-state index in [-0.39, 0.29) is 11.7 Å². The highest BCUT2D eigenvalue weighted by Gasteiger charge is 2.41. The molecule has 2 fully saturated rings. The number of nitrogens with zero attached hydrogens (tertiary/aromatic N) is 3. The summed E-state index contributed by atoms with van der Waals surface area (Å²) in [5.74, 6) is 0.896. The van der Waals surface area contributed by atoms with Crippen molar-refractivity contribution in [1.82, 2.24) is 15.3 Å². The molecule has 2 aliphatic rings. The highest BCUT2D eigenvalue weighted by atomic mass is 16.6. The van der Waals surface area contributed by atoms with Gasteiger partial charge in [0, 0.05) is 19.5 Å². The minimum atomic E-state index is -0.337. The van der Waals surface area contributed by atoms with Gasteiger partial charge in [0.25, 0.3) is 0 Å². The lowest BCUT2D eigenvalue weighted by Gasteiger charge is -2.25. The monoisotopic (exact) mass is 298 g/mol. The molecular weight excluding hydrogens is 280 g/mol. The lowest BCUT2D eigenvalue weighted by molar-refractivity contribution is 0.0473. The van der Waals surface area contributed by atoms with E-state index in [1.807, 2.05) is 30.5 Å². The number of amides is 1. The van der Waals surface area contributed by atoms with Gasteiger partial charge in [-0.05, 0) is 25.0 Å². The second kappa shape index (κ2) is 5.12. The van der Waals surface area contributed by atoms with Crippen molar-refractivity contribution in [2.24, 2.45) is 0 Å². The minimum Gasteiger partial charge on any atom is -0.441 e. The molecule has 22 heavy (non-hydrogen) atoms. The number of hydrogen-bond acceptors (Lipinski definition) is 5. The van der Waals surface area contributed by atoms with Gasteiger partial charge in [0.2, 0.25) is 0 Å². The molecule has 0 radical (unpaired) electrons. The van der Waals surface area contributed by atoms with Gasteiger partial charge >= 0.3 is 6.09 Å². The van der Waals surface area contributed by atoms with E-state index in [9.17, 15) is 4.79 Å². The van der Waals surface area contributed by atoms with Crippen LogP contribution in [0.5, 0.6) is 0 Å². The molecule has 2 saturated heterocycles. The number of anilines is 1. The first-order chi connectivity index (χ1) is 10.7. The lowest BCUT2D eigenvalue weighted by atomic mass is 9.95. The summed E-state index contributed by atoms with van der Waals surface area (Å²) in [6.07, 6.45) is 4.23. The highest BCUT2D eigenvalue weighted by molar-refractivity contribution is 5.75. The zero-order chi connectivity index (χ0) is 15.0. The number of ether oxygens (including phenoxy) is 1. The van der Waals surface area contributed by atoms with E-state index in [2.05, 4.69) is 15.2 Å². The number of nitrogens with one attached hydrogen (secondary N) is 1. The predicted octanol–water partition coefficient (Wildman–Crippen LogP) is 2.10. The maximum absolute atomic E-state index is 11.4. The van der Waals surface area contributed by atoms with E-state index in [1.165, 1.54) is 0 Å². The molecule has 1 aromatic carbocycles. The SMILES string of the molecule is O=C1NCC2(CCCN(c3cnc4ccccc4n3)CC2)O1. The third-order valence-corrected chi connectivity index (χ3v) is 4.52. The Morgan fingerprint density at radius 1 is 1.18 bits per heavy atom. The summed E-state index contributed by atoms with van der Waals surface area (Å²) >= 11 is 0. The van der Waals surface area contributed by atoms with Crippen LogP contribution in [0.25, 0.3) is 11.0 Å². The second-order valence-corrected chi connectivity index (χ2v) is 5.98. The molecule has 6 heteroatoms. The molecule has 1 aromatic heterocycles. The van der Waals surface area contributed by atoms with Crippen molar-refractivity contribution < 1.29 is 9.53 Å². The largest absolute Gasteiger partial charge is 0.441 e. The van der Waals surface area contributed by atoms with Crippen LogP contribution in [0, 0.1) is 0 Å². The number of carbonyl (C=O) groups is 1. The van der Waals surface area contributed by atoms with Gasteiger partial charge in [-0.2, -0.15) is 0 Å². The van der Waals surface area contributed by atoms with Gasteiger partial charge in [0.15, 0.2) is 0 Å². The van der Waals surface area contributed by atoms with Crippen molar-refractivity contribution in [1.29, 1.82) is 0 Å². The molecule has 1 atom stereocenters. The third kappa shape index (κ3) is 2.34. The smallest absolute Gasteiger partial charge is 0.407 e. The molecule has 3 heterocycles. The first kappa shape index (κ1) is 13.3. The molecule has 4 rings (SSSR count). The fourth-order valence-electron chi connectivity index (χ4n) is 3.28. The topological polar surface area (TPSA) is 67.4 Å². The van der Waals surface area contributed by atoms with E-state index in [0.29, 0.717) is 6.54 Å². The molecule has 0 aliphatic carbocycles. The number of benzene rings is 1. The summed E-state index contributed by atoms with van der Waals surface area (Å²) in [5.41, 5.74) is 1.48. The van der Waals surface area contributed by atoms with E-state index in [1.54, 1.807) is 0 Å². The molecule has 1 spiro atoms. The molecule has 2 aliphatic heterocycles. The van der Waals surface area contributed by atoms with Crippen LogP contribution in [0.15, 0.2) is 30.5 Å². The van der Waals surface area contributed by atoms with Gasteiger partial charge in [-0.25, -0.2) is 9.78 Å². The summed E-state index contributed by atoms with van der Waals surface area (Å²) in [6, 6.07) is 7.89. The summed E-state index contributed by atoms with van der Waals surface area (Å²) in [6.45, 7) is 2.34. The van der Waals surface area contributed by atoms with Crippen molar-refractivity contribution in [3.8, 4) is 0 Å². The fraction of sp³-hybridized carbons (Fsp3) is 0.438. The average Bonchev–Trinajstić information content (AvgIpc) is 2.78. The van der Waals surface area contributed by atoms with Gasteiger partial charge < -0.3 is 15.0 Å². The molecular formula is C16H18N4O2. The van der Waals surface area contributed by atoms with E-state index < -0.39 is 0 Å². The third-order valence-electron chi connectivity index (χ3n) is 4.52. The van der Waals surface area contributed by atoms with Gasteiger partial charge in [-0.15, -0.1) is 0 Å². The molecule has 114 valence electrons. The van der Waals surface area contributed by atoms with Gasteiger partial charge in [0.1, 0.15) is 11.4 Å².